The highest BCUT2D eigenvalue weighted by Crippen LogP contribution is 2.05. The number of rotatable bonds is 5. The first kappa shape index (κ1) is 14.2. The molecule has 1 rings (SSSR count). The van der Waals surface area contributed by atoms with Crippen LogP contribution in [0.25, 0.3) is 0 Å². The van der Waals surface area contributed by atoms with E-state index in [9.17, 15) is 9.59 Å². The molecule has 1 aromatic rings. The Kier molecular flexibility index (Phi) is 5.36. The molecule has 0 bridgehead atoms. The lowest BCUT2D eigenvalue weighted by molar-refractivity contribution is -0.119. The molecule has 0 heterocycles. The molecular formula is C14H20N2O2. The monoisotopic (exact) mass is 248 g/mol. The van der Waals surface area contributed by atoms with Crippen molar-refractivity contribution in [1.82, 2.24) is 10.6 Å². The largest absolute Gasteiger partial charge is 0.352 e. The number of hydrogen-bond acceptors (Lipinski definition) is 2. The van der Waals surface area contributed by atoms with Crippen molar-refractivity contribution in [3.8, 4) is 0 Å². The highest BCUT2D eigenvalue weighted by molar-refractivity contribution is 5.94. The number of amides is 2. The van der Waals surface area contributed by atoms with Gasteiger partial charge < -0.3 is 10.6 Å². The fourth-order valence-electron chi connectivity index (χ4n) is 1.41. The fraction of sp³-hybridized carbons (Fsp3) is 0.429. The lowest BCUT2D eigenvalue weighted by Crippen LogP contribution is -2.31. The fourth-order valence-corrected chi connectivity index (χ4v) is 1.41. The third-order valence-corrected chi connectivity index (χ3v) is 2.75. The molecule has 0 radical (unpaired) electrons. The highest BCUT2D eigenvalue weighted by atomic mass is 16.2. The third kappa shape index (κ3) is 4.57. The van der Waals surface area contributed by atoms with E-state index in [-0.39, 0.29) is 17.9 Å². The van der Waals surface area contributed by atoms with Gasteiger partial charge in [-0.1, -0.05) is 19.1 Å². The van der Waals surface area contributed by atoms with Crippen molar-refractivity contribution < 1.29 is 9.59 Å². The molecule has 4 heteroatoms. The minimum absolute atomic E-state index is 0.0598. The molecular weight excluding hydrogens is 228 g/mol. The molecule has 1 aromatic carbocycles. The van der Waals surface area contributed by atoms with Crippen LogP contribution in [0.2, 0.25) is 0 Å². The molecule has 0 aromatic heterocycles. The molecule has 1 unspecified atom stereocenters. The summed E-state index contributed by atoms with van der Waals surface area (Å²) in [5, 5.41) is 5.62. The first-order valence-electron chi connectivity index (χ1n) is 6.17. The minimum atomic E-state index is -0.0615. The Morgan fingerprint density at radius 2 is 1.83 bits per heavy atom. The topological polar surface area (TPSA) is 58.2 Å². The van der Waals surface area contributed by atoms with Crippen molar-refractivity contribution in [1.29, 1.82) is 0 Å². The van der Waals surface area contributed by atoms with E-state index < -0.39 is 0 Å². The van der Waals surface area contributed by atoms with E-state index in [0.717, 1.165) is 12.0 Å². The van der Waals surface area contributed by atoms with Gasteiger partial charge in [0.05, 0.1) is 0 Å². The molecule has 0 spiro atoms. The van der Waals surface area contributed by atoms with E-state index in [0.29, 0.717) is 12.1 Å². The zero-order chi connectivity index (χ0) is 13.5. The Balaban J connectivity index is 2.59. The summed E-state index contributed by atoms with van der Waals surface area (Å²) < 4.78 is 0. The summed E-state index contributed by atoms with van der Waals surface area (Å²) in [4.78, 5) is 22.6. The van der Waals surface area contributed by atoms with Gasteiger partial charge in [-0.15, -0.1) is 0 Å². The second-order valence-corrected chi connectivity index (χ2v) is 4.39. The van der Waals surface area contributed by atoms with Gasteiger partial charge in [0.15, 0.2) is 0 Å². The lowest BCUT2D eigenvalue weighted by atomic mass is 10.1. The smallest absolute Gasteiger partial charge is 0.251 e. The van der Waals surface area contributed by atoms with Crippen molar-refractivity contribution in [2.24, 2.45) is 0 Å². The molecule has 18 heavy (non-hydrogen) atoms. The van der Waals surface area contributed by atoms with Crippen molar-refractivity contribution in [2.45, 2.75) is 39.8 Å². The summed E-state index contributed by atoms with van der Waals surface area (Å²) in [5.41, 5.74) is 1.62. The van der Waals surface area contributed by atoms with E-state index in [1.807, 2.05) is 26.0 Å². The van der Waals surface area contributed by atoms with Gasteiger partial charge in [0.25, 0.3) is 5.91 Å². The van der Waals surface area contributed by atoms with Crippen molar-refractivity contribution in [3.05, 3.63) is 35.4 Å². The van der Waals surface area contributed by atoms with E-state index in [1.165, 1.54) is 6.92 Å². The van der Waals surface area contributed by atoms with Crippen LogP contribution in [0.3, 0.4) is 0 Å². The maximum absolute atomic E-state index is 11.8. The Hall–Kier alpha value is -1.84. The van der Waals surface area contributed by atoms with Crippen LogP contribution < -0.4 is 10.6 Å². The Bertz CT molecular complexity index is 412. The van der Waals surface area contributed by atoms with Gasteiger partial charge in [-0.2, -0.15) is 0 Å². The van der Waals surface area contributed by atoms with Gasteiger partial charge >= 0.3 is 0 Å². The molecule has 0 aliphatic carbocycles. The maximum Gasteiger partial charge on any atom is 0.251 e. The van der Waals surface area contributed by atoms with E-state index in [2.05, 4.69) is 10.6 Å². The summed E-state index contributed by atoms with van der Waals surface area (Å²) in [6, 6.07) is 7.42. The van der Waals surface area contributed by atoms with Crippen LogP contribution >= 0.6 is 0 Å². The standard InChI is InChI=1S/C14H20N2O2/c1-4-10(2)16-14(18)13-7-5-12(6-8-13)9-15-11(3)17/h5-8,10H,4,9H2,1-3H3,(H,15,17)(H,16,18). The number of benzene rings is 1. The lowest BCUT2D eigenvalue weighted by Gasteiger charge is -2.11. The first-order chi connectivity index (χ1) is 8.52. The summed E-state index contributed by atoms with van der Waals surface area (Å²) in [7, 11) is 0. The van der Waals surface area contributed by atoms with Crippen LogP contribution in [0.5, 0.6) is 0 Å². The summed E-state index contributed by atoms with van der Waals surface area (Å²) in [6.07, 6.45) is 0.909. The van der Waals surface area contributed by atoms with Crippen LogP contribution in [-0.2, 0) is 11.3 Å². The van der Waals surface area contributed by atoms with Crippen LogP contribution in [0.4, 0.5) is 0 Å². The summed E-state index contributed by atoms with van der Waals surface area (Å²) in [6.45, 7) is 5.97. The predicted molar refractivity (Wildman–Crippen MR) is 71.2 cm³/mol. The van der Waals surface area contributed by atoms with Gasteiger partial charge in [0, 0.05) is 25.1 Å². The van der Waals surface area contributed by atoms with Gasteiger partial charge in [-0.05, 0) is 31.0 Å². The van der Waals surface area contributed by atoms with Gasteiger partial charge in [-0.25, -0.2) is 0 Å². The van der Waals surface area contributed by atoms with E-state index in [4.69, 9.17) is 0 Å². The average molecular weight is 248 g/mol. The predicted octanol–water partition coefficient (Wildman–Crippen LogP) is 1.85. The second kappa shape index (κ2) is 6.79. The van der Waals surface area contributed by atoms with Crippen molar-refractivity contribution in [2.75, 3.05) is 0 Å². The SMILES string of the molecule is CCC(C)NC(=O)c1ccc(CNC(C)=O)cc1. The molecule has 2 amide bonds. The van der Waals surface area contributed by atoms with Gasteiger partial charge in [-0.3, -0.25) is 9.59 Å². The Labute approximate surface area is 108 Å². The molecule has 0 saturated heterocycles. The molecule has 0 saturated carbocycles. The zero-order valence-electron chi connectivity index (χ0n) is 11.1. The number of hydrogen-bond donors (Lipinski definition) is 2. The maximum atomic E-state index is 11.8. The zero-order valence-corrected chi connectivity index (χ0v) is 11.1. The quantitative estimate of drug-likeness (QED) is 0.835. The van der Waals surface area contributed by atoms with Crippen LogP contribution in [0, 0.1) is 0 Å². The molecule has 0 aliphatic heterocycles. The van der Waals surface area contributed by atoms with Crippen molar-refractivity contribution in [3.63, 3.8) is 0 Å². The first-order valence-corrected chi connectivity index (χ1v) is 6.17. The number of carbonyl (C=O) groups excluding carboxylic acids is 2. The van der Waals surface area contributed by atoms with E-state index >= 15 is 0 Å². The Morgan fingerprint density at radius 1 is 1.22 bits per heavy atom. The molecule has 0 fully saturated rings. The van der Waals surface area contributed by atoms with Gasteiger partial charge in [0.2, 0.25) is 5.91 Å². The van der Waals surface area contributed by atoms with Crippen LogP contribution in [0.1, 0.15) is 43.1 Å². The summed E-state index contributed by atoms with van der Waals surface area (Å²) >= 11 is 0. The molecule has 4 nitrogen and oxygen atoms in total. The summed E-state index contributed by atoms with van der Waals surface area (Å²) in [5.74, 6) is -0.121. The van der Waals surface area contributed by atoms with E-state index in [1.54, 1.807) is 12.1 Å². The highest BCUT2D eigenvalue weighted by Gasteiger charge is 2.07. The molecule has 98 valence electrons. The second-order valence-electron chi connectivity index (χ2n) is 4.39. The molecule has 1 atom stereocenters. The number of nitrogens with one attached hydrogen (secondary N) is 2. The number of carbonyl (C=O) groups is 2. The minimum Gasteiger partial charge on any atom is -0.352 e. The van der Waals surface area contributed by atoms with Crippen molar-refractivity contribution >= 4 is 11.8 Å². The van der Waals surface area contributed by atoms with Crippen LogP contribution in [0.15, 0.2) is 24.3 Å². The third-order valence-electron chi connectivity index (χ3n) is 2.75. The Morgan fingerprint density at radius 3 is 2.33 bits per heavy atom. The average Bonchev–Trinajstić information content (AvgIpc) is 2.36. The molecule has 0 aliphatic rings. The van der Waals surface area contributed by atoms with Gasteiger partial charge in [0.1, 0.15) is 0 Å². The van der Waals surface area contributed by atoms with Crippen LogP contribution in [-0.4, -0.2) is 17.9 Å². The normalized spacial score (nSPS) is 11.7. The molecule has 2 N–H and O–H groups in total.